The van der Waals surface area contributed by atoms with E-state index in [9.17, 15) is 4.79 Å². The van der Waals surface area contributed by atoms with E-state index >= 15 is 0 Å². The van der Waals surface area contributed by atoms with Crippen LogP contribution in [0.1, 0.15) is 36.5 Å². The maximum absolute atomic E-state index is 13.1. The number of methoxy groups -OCH3 is 1. The predicted octanol–water partition coefficient (Wildman–Crippen LogP) is 4.95. The SMILES string of the molecule is CCC(Sc1nnc(-c2cccs2)n1CC1CCCO1)C(=O)c1ccc(OC)cc1. The lowest BCUT2D eigenvalue weighted by Crippen LogP contribution is -2.20. The number of aromatic nitrogens is 3. The van der Waals surface area contributed by atoms with Gasteiger partial charge in [0.25, 0.3) is 0 Å². The highest BCUT2D eigenvalue weighted by molar-refractivity contribution is 8.00. The molecule has 0 spiro atoms. The quantitative estimate of drug-likeness (QED) is 0.344. The van der Waals surface area contributed by atoms with E-state index < -0.39 is 0 Å². The summed E-state index contributed by atoms with van der Waals surface area (Å²) in [4.78, 5) is 14.2. The van der Waals surface area contributed by atoms with Crippen LogP contribution in [0.5, 0.6) is 5.75 Å². The number of nitrogens with zero attached hydrogens (tertiary/aromatic N) is 3. The summed E-state index contributed by atoms with van der Waals surface area (Å²) in [6, 6.07) is 11.3. The van der Waals surface area contributed by atoms with Gasteiger partial charge in [-0.05, 0) is 55.0 Å². The van der Waals surface area contributed by atoms with E-state index in [-0.39, 0.29) is 17.1 Å². The summed E-state index contributed by atoms with van der Waals surface area (Å²) >= 11 is 3.13. The molecular formula is C22H25N3O3S2. The van der Waals surface area contributed by atoms with Gasteiger partial charge in [0.1, 0.15) is 5.75 Å². The molecule has 2 aromatic heterocycles. The van der Waals surface area contributed by atoms with Gasteiger partial charge in [-0.25, -0.2) is 0 Å². The Hall–Kier alpha value is -2.16. The molecule has 1 aliphatic heterocycles. The van der Waals surface area contributed by atoms with Crippen LogP contribution in [0.25, 0.3) is 10.7 Å². The van der Waals surface area contributed by atoms with Crippen LogP contribution in [0, 0.1) is 0 Å². The Morgan fingerprint density at radius 2 is 2.17 bits per heavy atom. The molecule has 3 aromatic rings. The zero-order valence-electron chi connectivity index (χ0n) is 17.1. The van der Waals surface area contributed by atoms with Crippen molar-refractivity contribution in [2.45, 2.75) is 49.2 Å². The molecule has 0 N–H and O–H groups in total. The van der Waals surface area contributed by atoms with Crippen LogP contribution >= 0.6 is 23.1 Å². The second kappa shape index (κ2) is 9.76. The molecule has 1 saturated heterocycles. The van der Waals surface area contributed by atoms with E-state index in [2.05, 4.69) is 20.8 Å². The highest BCUT2D eigenvalue weighted by Crippen LogP contribution is 2.32. The molecule has 158 valence electrons. The van der Waals surface area contributed by atoms with E-state index in [1.165, 1.54) is 11.8 Å². The fourth-order valence-electron chi connectivity index (χ4n) is 3.51. The highest BCUT2D eigenvalue weighted by Gasteiger charge is 2.26. The van der Waals surface area contributed by atoms with Crippen molar-refractivity contribution in [2.24, 2.45) is 0 Å². The number of ketones is 1. The van der Waals surface area contributed by atoms with Gasteiger partial charge in [-0.2, -0.15) is 0 Å². The Balaban J connectivity index is 1.59. The van der Waals surface area contributed by atoms with Gasteiger partial charge in [-0.15, -0.1) is 21.5 Å². The molecule has 30 heavy (non-hydrogen) atoms. The minimum absolute atomic E-state index is 0.0921. The van der Waals surface area contributed by atoms with Crippen molar-refractivity contribution in [2.75, 3.05) is 13.7 Å². The average molecular weight is 444 g/mol. The van der Waals surface area contributed by atoms with Gasteiger partial charge in [0.15, 0.2) is 16.8 Å². The summed E-state index contributed by atoms with van der Waals surface area (Å²) in [5.74, 6) is 1.67. The first-order chi connectivity index (χ1) is 14.7. The fourth-order valence-corrected chi connectivity index (χ4v) is 5.27. The van der Waals surface area contributed by atoms with Gasteiger partial charge in [0.05, 0.1) is 29.9 Å². The molecule has 0 amide bonds. The first kappa shape index (κ1) is 21.1. The van der Waals surface area contributed by atoms with Crippen molar-refractivity contribution in [1.29, 1.82) is 0 Å². The first-order valence-corrected chi connectivity index (χ1v) is 11.9. The van der Waals surface area contributed by atoms with Gasteiger partial charge in [0.2, 0.25) is 0 Å². The topological polar surface area (TPSA) is 66.2 Å². The largest absolute Gasteiger partial charge is 0.497 e. The van der Waals surface area contributed by atoms with Gasteiger partial charge in [-0.1, -0.05) is 24.8 Å². The minimum atomic E-state index is -0.234. The van der Waals surface area contributed by atoms with Gasteiger partial charge >= 0.3 is 0 Å². The predicted molar refractivity (Wildman–Crippen MR) is 120 cm³/mol. The molecule has 6 nitrogen and oxygen atoms in total. The molecule has 1 fully saturated rings. The summed E-state index contributed by atoms with van der Waals surface area (Å²) in [6.07, 6.45) is 2.98. The number of ether oxygens (including phenoxy) is 2. The second-order valence-electron chi connectivity index (χ2n) is 7.14. The maximum Gasteiger partial charge on any atom is 0.192 e. The van der Waals surface area contributed by atoms with E-state index in [1.54, 1.807) is 18.4 Å². The summed E-state index contributed by atoms with van der Waals surface area (Å²) < 4.78 is 13.2. The molecule has 2 unspecified atom stereocenters. The van der Waals surface area contributed by atoms with Gasteiger partial charge in [0, 0.05) is 12.2 Å². The molecule has 1 aliphatic rings. The van der Waals surface area contributed by atoms with Crippen molar-refractivity contribution < 1.29 is 14.3 Å². The number of hydrogen-bond donors (Lipinski definition) is 0. The number of thioether (sulfide) groups is 1. The molecule has 3 heterocycles. The molecule has 4 rings (SSSR count). The first-order valence-electron chi connectivity index (χ1n) is 10.1. The molecule has 2 atom stereocenters. The molecular weight excluding hydrogens is 418 g/mol. The summed E-state index contributed by atoms with van der Waals surface area (Å²) in [5.41, 5.74) is 0.679. The van der Waals surface area contributed by atoms with Crippen LogP contribution in [-0.4, -0.2) is 45.6 Å². The van der Waals surface area contributed by atoms with Crippen LogP contribution < -0.4 is 4.74 Å². The van der Waals surface area contributed by atoms with Crippen LogP contribution in [0.2, 0.25) is 0 Å². The van der Waals surface area contributed by atoms with E-state index in [1.807, 2.05) is 42.6 Å². The van der Waals surface area contributed by atoms with E-state index in [0.717, 1.165) is 41.1 Å². The van der Waals surface area contributed by atoms with Crippen LogP contribution in [0.15, 0.2) is 46.9 Å². The number of hydrogen-bond acceptors (Lipinski definition) is 7. The third kappa shape index (κ3) is 4.61. The average Bonchev–Trinajstić information content (AvgIpc) is 3.55. The molecule has 0 saturated carbocycles. The third-order valence-electron chi connectivity index (χ3n) is 5.15. The monoisotopic (exact) mass is 443 g/mol. The summed E-state index contributed by atoms with van der Waals surface area (Å²) in [7, 11) is 1.62. The Morgan fingerprint density at radius 1 is 1.33 bits per heavy atom. The zero-order chi connectivity index (χ0) is 20.9. The summed E-state index contributed by atoms with van der Waals surface area (Å²) in [6.45, 7) is 3.53. The van der Waals surface area contributed by atoms with Crippen LogP contribution in [-0.2, 0) is 11.3 Å². The normalized spacial score (nSPS) is 17.2. The lowest BCUT2D eigenvalue weighted by atomic mass is 10.1. The maximum atomic E-state index is 13.1. The molecule has 8 heteroatoms. The summed E-state index contributed by atoms with van der Waals surface area (Å²) in [5, 5.41) is 11.5. The van der Waals surface area contributed by atoms with Crippen molar-refractivity contribution in [3.63, 3.8) is 0 Å². The molecule has 0 bridgehead atoms. The van der Waals surface area contributed by atoms with Crippen molar-refractivity contribution in [1.82, 2.24) is 14.8 Å². The number of rotatable bonds is 9. The fraction of sp³-hybridized carbons (Fsp3) is 0.409. The van der Waals surface area contributed by atoms with Crippen molar-refractivity contribution >= 4 is 28.9 Å². The Bertz CT molecular complexity index is 964. The van der Waals surface area contributed by atoms with Crippen LogP contribution in [0.3, 0.4) is 0 Å². The Morgan fingerprint density at radius 3 is 2.80 bits per heavy atom. The number of thiophene rings is 1. The Labute approximate surface area is 184 Å². The van der Waals surface area contributed by atoms with Crippen molar-refractivity contribution in [3.8, 4) is 16.5 Å². The molecule has 0 aliphatic carbocycles. The molecule has 0 radical (unpaired) electrons. The smallest absolute Gasteiger partial charge is 0.192 e. The molecule has 1 aromatic carbocycles. The van der Waals surface area contributed by atoms with Gasteiger partial charge in [-0.3, -0.25) is 9.36 Å². The second-order valence-corrected chi connectivity index (χ2v) is 9.25. The lowest BCUT2D eigenvalue weighted by Gasteiger charge is -2.17. The third-order valence-corrected chi connectivity index (χ3v) is 7.36. The Kier molecular flexibility index (Phi) is 6.86. The highest BCUT2D eigenvalue weighted by atomic mass is 32.2. The number of benzene rings is 1. The van der Waals surface area contributed by atoms with Gasteiger partial charge < -0.3 is 9.47 Å². The number of Topliss-reactive ketones (excluding diaryl/α,β-unsaturated/α-hetero) is 1. The van der Waals surface area contributed by atoms with Crippen LogP contribution in [0.4, 0.5) is 0 Å². The number of carbonyl (C=O) groups excluding carboxylic acids is 1. The van der Waals surface area contributed by atoms with Crippen molar-refractivity contribution in [3.05, 3.63) is 47.3 Å². The standard InChI is InChI=1S/C22H25N3O3S2/c1-3-18(20(26)15-8-10-16(27-2)11-9-15)30-22-24-23-21(19-7-5-13-29-19)25(22)14-17-6-4-12-28-17/h5,7-11,13,17-18H,3-4,6,12,14H2,1-2H3. The minimum Gasteiger partial charge on any atom is -0.497 e. The lowest BCUT2D eigenvalue weighted by molar-refractivity contribution is 0.0953. The zero-order valence-corrected chi connectivity index (χ0v) is 18.7. The van der Waals surface area contributed by atoms with E-state index in [4.69, 9.17) is 9.47 Å². The number of carbonyl (C=O) groups is 1. The van der Waals surface area contributed by atoms with E-state index in [0.29, 0.717) is 18.5 Å².